The first-order chi connectivity index (χ1) is 32.0. The summed E-state index contributed by atoms with van der Waals surface area (Å²) in [4.78, 5) is 38.0. The Morgan fingerprint density at radius 3 is 1.12 bits per heavy atom. The second-order valence-corrected chi connectivity index (χ2v) is 16.8. The standard InChI is InChI=1S/C59H94O6/c1-4-7-10-13-16-19-22-25-28-29-30-32-34-37-40-43-46-49-52-58(61)64-55-56(54-63-57(60)51-48-45-42-39-36-33-27-24-21-18-15-12-9-6-3)65-59(62)53-50-47-44-41-38-35-31-26-23-20-17-14-11-8-5-2/h8-9,11-12,14,16-23,25,27-30,32-33,56H,4-7,10,13,15,24,26,31,34-55H2,1-3H3/b11-8-,12-9-,17-14-,19-16-,21-18-,23-20-,25-22-,29-28-,32-30-,33-27-. The van der Waals surface area contributed by atoms with Crippen LogP contribution >= 0.6 is 0 Å². The lowest BCUT2D eigenvalue weighted by Gasteiger charge is -2.18. The van der Waals surface area contributed by atoms with E-state index >= 15 is 0 Å². The molecule has 0 rings (SSSR count). The molecule has 0 aliphatic carbocycles. The molecule has 6 heteroatoms. The number of hydrogen-bond donors (Lipinski definition) is 0. The number of esters is 3. The Kier molecular flexibility index (Phi) is 49.1. The Morgan fingerprint density at radius 2 is 0.677 bits per heavy atom. The average Bonchev–Trinajstić information content (AvgIpc) is 3.30. The van der Waals surface area contributed by atoms with Crippen LogP contribution in [0.1, 0.15) is 213 Å². The fourth-order valence-corrected chi connectivity index (χ4v) is 6.70. The summed E-state index contributed by atoms with van der Waals surface area (Å²) in [7, 11) is 0. The van der Waals surface area contributed by atoms with E-state index in [0.29, 0.717) is 19.3 Å². The zero-order chi connectivity index (χ0) is 47.2. The zero-order valence-corrected chi connectivity index (χ0v) is 41.7. The molecule has 0 aliphatic rings. The molecular weight excluding hydrogens is 805 g/mol. The Morgan fingerprint density at radius 1 is 0.338 bits per heavy atom. The van der Waals surface area contributed by atoms with Crippen molar-refractivity contribution < 1.29 is 28.6 Å². The smallest absolute Gasteiger partial charge is 0.306 e. The van der Waals surface area contributed by atoms with E-state index in [4.69, 9.17) is 14.2 Å². The van der Waals surface area contributed by atoms with Crippen LogP contribution in [-0.4, -0.2) is 37.2 Å². The molecule has 6 nitrogen and oxygen atoms in total. The summed E-state index contributed by atoms with van der Waals surface area (Å²) in [5, 5.41) is 0. The molecule has 65 heavy (non-hydrogen) atoms. The third-order valence-corrected chi connectivity index (χ3v) is 10.6. The maximum Gasteiger partial charge on any atom is 0.306 e. The lowest BCUT2D eigenvalue weighted by molar-refractivity contribution is -0.167. The largest absolute Gasteiger partial charge is 0.462 e. The van der Waals surface area contributed by atoms with Crippen LogP contribution < -0.4 is 0 Å². The third kappa shape index (κ3) is 50.7. The topological polar surface area (TPSA) is 78.9 Å². The van der Waals surface area contributed by atoms with Crippen LogP contribution in [0.5, 0.6) is 0 Å². The Hall–Kier alpha value is -4.19. The van der Waals surface area contributed by atoms with Crippen LogP contribution in [0.4, 0.5) is 0 Å². The Labute approximate surface area is 399 Å². The van der Waals surface area contributed by atoms with Crippen molar-refractivity contribution in [3.8, 4) is 0 Å². The van der Waals surface area contributed by atoms with Crippen LogP contribution in [0.15, 0.2) is 122 Å². The molecule has 0 saturated carbocycles. The van der Waals surface area contributed by atoms with E-state index < -0.39 is 6.10 Å². The van der Waals surface area contributed by atoms with Crippen LogP contribution in [0.2, 0.25) is 0 Å². The van der Waals surface area contributed by atoms with Crippen molar-refractivity contribution in [3.05, 3.63) is 122 Å². The first-order valence-electron chi connectivity index (χ1n) is 26.1. The highest BCUT2D eigenvalue weighted by Gasteiger charge is 2.19. The van der Waals surface area contributed by atoms with Gasteiger partial charge in [0.2, 0.25) is 0 Å². The summed E-state index contributed by atoms with van der Waals surface area (Å²) in [6.07, 6.45) is 71.7. The summed E-state index contributed by atoms with van der Waals surface area (Å²) in [5.41, 5.74) is 0. The molecule has 0 amide bonds. The summed E-state index contributed by atoms with van der Waals surface area (Å²) in [6, 6.07) is 0. The quantitative estimate of drug-likeness (QED) is 0.0199. The van der Waals surface area contributed by atoms with Gasteiger partial charge in [-0.1, -0.05) is 219 Å². The number of allylic oxidation sites excluding steroid dienone is 20. The van der Waals surface area contributed by atoms with Gasteiger partial charge in [-0.25, -0.2) is 0 Å². The minimum Gasteiger partial charge on any atom is -0.462 e. The summed E-state index contributed by atoms with van der Waals surface area (Å²) < 4.78 is 16.8. The molecule has 0 aliphatic heterocycles. The molecular formula is C59H94O6. The van der Waals surface area contributed by atoms with Crippen molar-refractivity contribution in [1.82, 2.24) is 0 Å². The lowest BCUT2D eigenvalue weighted by atomic mass is 10.1. The maximum absolute atomic E-state index is 12.8. The first kappa shape index (κ1) is 60.8. The highest BCUT2D eigenvalue weighted by Crippen LogP contribution is 2.13. The van der Waals surface area contributed by atoms with Gasteiger partial charge >= 0.3 is 17.9 Å². The summed E-state index contributed by atoms with van der Waals surface area (Å²) in [6.45, 7) is 6.29. The fraction of sp³-hybridized carbons (Fsp3) is 0.610. The van der Waals surface area contributed by atoms with Gasteiger partial charge in [0, 0.05) is 19.3 Å². The minimum absolute atomic E-state index is 0.106. The van der Waals surface area contributed by atoms with Crippen molar-refractivity contribution in [1.29, 1.82) is 0 Å². The van der Waals surface area contributed by atoms with E-state index in [1.54, 1.807) is 0 Å². The molecule has 0 aromatic rings. The van der Waals surface area contributed by atoms with Crippen LogP contribution in [0.3, 0.4) is 0 Å². The third-order valence-electron chi connectivity index (χ3n) is 10.6. The van der Waals surface area contributed by atoms with Crippen molar-refractivity contribution in [2.24, 2.45) is 0 Å². The number of carbonyl (C=O) groups excluding carboxylic acids is 3. The highest BCUT2D eigenvalue weighted by molar-refractivity contribution is 5.71. The Balaban J connectivity index is 4.51. The minimum atomic E-state index is -0.807. The van der Waals surface area contributed by atoms with Crippen molar-refractivity contribution in [2.75, 3.05) is 13.2 Å². The van der Waals surface area contributed by atoms with Gasteiger partial charge in [-0.2, -0.15) is 0 Å². The van der Waals surface area contributed by atoms with E-state index in [1.807, 2.05) is 0 Å². The van der Waals surface area contributed by atoms with Crippen LogP contribution in [0.25, 0.3) is 0 Å². The number of carbonyl (C=O) groups is 3. The molecule has 0 spiro atoms. The molecule has 366 valence electrons. The predicted octanol–water partition coefficient (Wildman–Crippen LogP) is 17.3. The molecule has 0 radical (unpaired) electrons. The molecule has 0 heterocycles. The van der Waals surface area contributed by atoms with E-state index in [0.717, 1.165) is 135 Å². The van der Waals surface area contributed by atoms with Crippen molar-refractivity contribution in [2.45, 2.75) is 219 Å². The van der Waals surface area contributed by atoms with Gasteiger partial charge in [-0.05, 0) is 96.3 Å². The van der Waals surface area contributed by atoms with Crippen LogP contribution in [-0.2, 0) is 28.6 Å². The number of hydrogen-bond acceptors (Lipinski definition) is 6. The number of ether oxygens (including phenoxy) is 3. The molecule has 0 bridgehead atoms. The first-order valence-corrected chi connectivity index (χ1v) is 26.1. The normalized spacial score (nSPS) is 13.1. The van der Waals surface area contributed by atoms with E-state index in [-0.39, 0.29) is 31.1 Å². The summed E-state index contributed by atoms with van der Waals surface area (Å²) in [5.74, 6) is -0.968. The lowest BCUT2D eigenvalue weighted by Crippen LogP contribution is -2.30. The zero-order valence-electron chi connectivity index (χ0n) is 41.7. The van der Waals surface area contributed by atoms with E-state index in [2.05, 4.69) is 142 Å². The van der Waals surface area contributed by atoms with Gasteiger partial charge in [0.25, 0.3) is 0 Å². The summed E-state index contributed by atoms with van der Waals surface area (Å²) >= 11 is 0. The number of rotatable bonds is 45. The monoisotopic (exact) mass is 899 g/mol. The Bertz CT molecular complexity index is 1400. The van der Waals surface area contributed by atoms with E-state index in [1.165, 1.54) is 38.5 Å². The van der Waals surface area contributed by atoms with E-state index in [9.17, 15) is 14.4 Å². The van der Waals surface area contributed by atoms with Gasteiger partial charge in [0.1, 0.15) is 13.2 Å². The molecule has 0 saturated heterocycles. The van der Waals surface area contributed by atoms with Crippen molar-refractivity contribution in [3.63, 3.8) is 0 Å². The molecule has 0 aromatic carbocycles. The molecule has 1 unspecified atom stereocenters. The van der Waals surface area contributed by atoms with Gasteiger partial charge in [0.15, 0.2) is 6.10 Å². The average molecular weight is 899 g/mol. The highest BCUT2D eigenvalue weighted by atomic mass is 16.6. The maximum atomic E-state index is 12.8. The second kappa shape index (κ2) is 52.4. The predicted molar refractivity (Wildman–Crippen MR) is 279 cm³/mol. The molecule has 0 aromatic heterocycles. The van der Waals surface area contributed by atoms with Crippen molar-refractivity contribution >= 4 is 17.9 Å². The van der Waals surface area contributed by atoms with Gasteiger partial charge in [-0.15, -0.1) is 0 Å². The second-order valence-electron chi connectivity index (χ2n) is 16.8. The van der Waals surface area contributed by atoms with Gasteiger partial charge in [0.05, 0.1) is 0 Å². The number of unbranched alkanes of at least 4 members (excludes halogenated alkanes) is 19. The molecule has 0 fully saturated rings. The fourth-order valence-electron chi connectivity index (χ4n) is 6.70. The SMILES string of the molecule is CC\C=C/C=C\C=C/CCCCCCCCCC(=O)OC(COC(=O)CCCCCC/C=C\C/C=C\C/C=C\CC)COC(=O)CCCCCCC\C=C/C=C\C=C/C=C\CCCCC. The van der Waals surface area contributed by atoms with Gasteiger partial charge < -0.3 is 14.2 Å². The van der Waals surface area contributed by atoms with Crippen LogP contribution in [0, 0.1) is 0 Å². The van der Waals surface area contributed by atoms with Gasteiger partial charge in [-0.3, -0.25) is 14.4 Å². The molecule has 0 N–H and O–H groups in total. The molecule has 1 atom stereocenters.